The molecule has 2 heterocycles. The van der Waals surface area contributed by atoms with Gasteiger partial charge in [-0.2, -0.15) is 0 Å². The second-order valence-electron chi connectivity index (χ2n) is 9.71. The average molecular weight is 637 g/mol. The van der Waals surface area contributed by atoms with E-state index >= 15 is 4.39 Å². The van der Waals surface area contributed by atoms with Gasteiger partial charge in [-0.1, -0.05) is 53.6 Å². The zero-order valence-corrected chi connectivity index (χ0v) is 25.7. The number of rotatable bonds is 12. The van der Waals surface area contributed by atoms with Gasteiger partial charge in [-0.3, -0.25) is 10.1 Å². The SMILES string of the molecule is CCCOCCCc1cccc(-c2nc(NC(=O)c3cc(Cl)c(C=C(C)C(=O)O)c(Cl)c3)sc2N2CCOCC2)c1F. The molecular formula is C30H32Cl2FN3O5S. The lowest BCUT2D eigenvalue weighted by Crippen LogP contribution is -2.36. The molecule has 0 unspecified atom stereocenters. The lowest BCUT2D eigenvalue weighted by atomic mass is 10.0. The Balaban J connectivity index is 1.62. The molecule has 1 aliphatic rings. The molecule has 8 nitrogen and oxygen atoms in total. The third kappa shape index (κ3) is 7.87. The summed E-state index contributed by atoms with van der Waals surface area (Å²) in [5, 5.41) is 13.2. The first-order valence-corrected chi connectivity index (χ1v) is 15.2. The van der Waals surface area contributed by atoms with Crippen LogP contribution in [-0.2, 0) is 20.7 Å². The Morgan fingerprint density at radius 3 is 2.60 bits per heavy atom. The van der Waals surface area contributed by atoms with Gasteiger partial charge in [0.05, 0.1) is 23.3 Å². The second kappa shape index (κ2) is 14.9. The van der Waals surface area contributed by atoms with Gasteiger partial charge in [-0.25, -0.2) is 14.2 Å². The number of carbonyl (C=O) groups excluding carboxylic acids is 1. The number of nitrogens with one attached hydrogen (secondary N) is 1. The number of aromatic nitrogens is 1. The number of carboxylic acids is 1. The number of benzene rings is 2. The molecule has 0 aliphatic carbocycles. The first-order chi connectivity index (χ1) is 20.2. The number of ether oxygens (including phenoxy) is 2. The van der Waals surface area contributed by atoms with Crippen molar-refractivity contribution in [2.75, 3.05) is 49.7 Å². The normalized spacial score (nSPS) is 13.8. The van der Waals surface area contributed by atoms with Crippen LogP contribution in [0.2, 0.25) is 10.0 Å². The van der Waals surface area contributed by atoms with E-state index in [1.165, 1.54) is 36.5 Å². The van der Waals surface area contributed by atoms with Crippen molar-refractivity contribution in [2.45, 2.75) is 33.1 Å². The highest BCUT2D eigenvalue weighted by atomic mass is 35.5. The summed E-state index contributed by atoms with van der Waals surface area (Å²) < 4.78 is 26.9. The number of anilines is 2. The van der Waals surface area contributed by atoms with E-state index in [0.29, 0.717) is 74.7 Å². The Morgan fingerprint density at radius 1 is 1.21 bits per heavy atom. The standard InChI is InChI=1S/C30H32Cl2FN3O5S/c1-3-11-40-12-5-7-19-6-4-8-21(25(19)33)26-28(36-9-13-41-14-10-36)42-30(34-26)35-27(37)20-16-23(31)22(24(32)17-20)15-18(2)29(38)39/h4,6,8,15-17H,3,5,7,9-14H2,1-2H3,(H,38,39)(H,34,35,37). The van der Waals surface area contributed by atoms with E-state index in [9.17, 15) is 9.59 Å². The minimum atomic E-state index is -1.11. The molecule has 1 fully saturated rings. The fraction of sp³-hybridized carbons (Fsp3) is 0.367. The van der Waals surface area contributed by atoms with Crippen LogP contribution in [0.15, 0.2) is 35.9 Å². The molecule has 2 N–H and O–H groups in total. The summed E-state index contributed by atoms with van der Waals surface area (Å²) in [5.41, 5.74) is 1.89. The van der Waals surface area contributed by atoms with Crippen molar-refractivity contribution in [2.24, 2.45) is 0 Å². The lowest BCUT2D eigenvalue weighted by molar-refractivity contribution is -0.132. The zero-order chi connectivity index (χ0) is 30.2. The molecule has 12 heteroatoms. The monoisotopic (exact) mass is 635 g/mol. The summed E-state index contributed by atoms with van der Waals surface area (Å²) in [6.45, 7) is 6.97. The number of carbonyl (C=O) groups is 2. The summed E-state index contributed by atoms with van der Waals surface area (Å²) >= 11 is 14.0. The summed E-state index contributed by atoms with van der Waals surface area (Å²) in [6.07, 6.45) is 3.51. The minimum absolute atomic E-state index is 0.0445. The first-order valence-electron chi connectivity index (χ1n) is 13.6. The highest BCUT2D eigenvalue weighted by Crippen LogP contribution is 2.41. The minimum Gasteiger partial charge on any atom is -0.478 e. The van der Waals surface area contributed by atoms with Gasteiger partial charge < -0.3 is 19.5 Å². The number of nitrogens with zero attached hydrogens (tertiary/aromatic N) is 2. The molecule has 1 saturated heterocycles. The number of hydrogen-bond donors (Lipinski definition) is 2. The number of carboxylic acid groups (broad SMARTS) is 1. The van der Waals surface area contributed by atoms with Crippen LogP contribution in [-0.4, -0.2) is 61.5 Å². The van der Waals surface area contributed by atoms with E-state index in [1.54, 1.807) is 12.1 Å². The molecule has 4 rings (SSSR count). The first kappa shape index (κ1) is 31.9. The predicted molar refractivity (Wildman–Crippen MR) is 166 cm³/mol. The van der Waals surface area contributed by atoms with Gasteiger partial charge in [0, 0.05) is 48.6 Å². The van der Waals surface area contributed by atoms with Gasteiger partial charge in [0.1, 0.15) is 16.5 Å². The van der Waals surface area contributed by atoms with E-state index in [1.807, 2.05) is 13.0 Å². The molecule has 1 amide bonds. The van der Waals surface area contributed by atoms with E-state index in [0.717, 1.165) is 11.4 Å². The summed E-state index contributed by atoms with van der Waals surface area (Å²) in [4.78, 5) is 31.2. The lowest BCUT2D eigenvalue weighted by Gasteiger charge is -2.28. The number of halogens is 3. The summed E-state index contributed by atoms with van der Waals surface area (Å²) in [6, 6.07) is 8.10. The van der Waals surface area contributed by atoms with Crippen molar-refractivity contribution in [3.63, 3.8) is 0 Å². The van der Waals surface area contributed by atoms with Crippen molar-refractivity contribution in [3.05, 3.63) is 68.5 Å². The van der Waals surface area contributed by atoms with Crippen molar-refractivity contribution in [3.8, 4) is 11.3 Å². The van der Waals surface area contributed by atoms with Crippen molar-refractivity contribution < 1.29 is 28.6 Å². The third-order valence-electron chi connectivity index (χ3n) is 6.58. The maximum Gasteiger partial charge on any atom is 0.331 e. The van der Waals surface area contributed by atoms with Crippen LogP contribution in [0.25, 0.3) is 17.3 Å². The average Bonchev–Trinajstić information content (AvgIpc) is 3.39. The van der Waals surface area contributed by atoms with Crippen LogP contribution >= 0.6 is 34.5 Å². The van der Waals surface area contributed by atoms with Gasteiger partial charge >= 0.3 is 5.97 Å². The van der Waals surface area contributed by atoms with Crippen LogP contribution in [0.1, 0.15) is 48.2 Å². The van der Waals surface area contributed by atoms with Crippen LogP contribution < -0.4 is 10.2 Å². The number of aliphatic carboxylic acids is 1. The quantitative estimate of drug-likeness (QED) is 0.160. The molecule has 1 aromatic heterocycles. The molecule has 1 aliphatic heterocycles. The number of thiazole rings is 1. The molecule has 224 valence electrons. The van der Waals surface area contributed by atoms with E-state index in [4.69, 9.17) is 37.8 Å². The molecule has 0 radical (unpaired) electrons. The summed E-state index contributed by atoms with van der Waals surface area (Å²) in [7, 11) is 0. The van der Waals surface area contributed by atoms with Gasteiger partial charge in [0.25, 0.3) is 5.91 Å². The van der Waals surface area contributed by atoms with Crippen LogP contribution in [0.3, 0.4) is 0 Å². The van der Waals surface area contributed by atoms with Gasteiger partial charge in [-0.15, -0.1) is 0 Å². The van der Waals surface area contributed by atoms with Gasteiger partial charge in [0.15, 0.2) is 5.13 Å². The highest BCUT2D eigenvalue weighted by Gasteiger charge is 2.25. The Morgan fingerprint density at radius 2 is 1.93 bits per heavy atom. The Labute approximate surface area is 258 Å². The Kier molecular flexibility index (Phi) is 11.3. The van der Waals surface area contributed by atoms with E-state index < -0.39 is 11.9 Å². The van der Waals surface area contributed by atoms with Crippen LogP contribution in [0.5, 0.6) is 0 Å². The van der Waals surface area contributed by atoms with Crippen molar-refractivity contribution in [1.82, 2.24) is 4.98 Å². The largest absolute Gasteiger partial charge is 0.478 e. The molecule has 3 aromatic rings. The molecule has 2 aromatic carbocycles. The van der Waals surface area contributed by atoms with Gasteiger partial charge in [0.2, 0.25) is 0 Å². The molecule has 0 saturated carbocycles. The highest BCUT2D eigenvalue weighted by molar-refractivity contribution is 7.20. The smallest absolute Gasteiger partial charge is 0.331 e. The van der Waals surface area contributed by atoms with Crippen molar-refractivity contribution >= 4 is 62.6 Å². The number of amides is 1. The predicted octanol–water partition coefficient (Wildman–Crippen LogP) is 7.19. The Bertz CT molecular complexity index is 1450. The summed E-state index contributed by atoms with van der Waals surface area (Å²) in [5.74, 6) is -1.97. The van der Waals surface area contributed by atoms with Crippen LogP contribution in [0.4, 0.5) is 14.5 Å². The van der Waals surface area contributed by atoms with Gasteiger partial charge in [-0.05, 0) is 56.0 Å². The number of morpholine rings is 1. The zero-order valence-electron chi connectivity index (χ0n) is 23.3. The second-order valence-corrected chi connectivity index (χ2v) is 11.5. The molecule has 0 spiro atoms. The van der Waals surface area contributed by atoms with E-state index in [2.05, 4.69) is 15.2 Å². The van der Waals surface area contributed by atoms with E-state index in [-0.39, 0.29) is 32.1 Å². The maximum atomic E-state index is 15.8. The molecule has 42 heavy (non-hydrogen) atoms. The topological polar surface area (TPSA) is 101 Å². The number of aryl methyl sites for hydroxylation is 1. The maximum absolute atomic E-state index is 15.8. The Hall–Kier alpha value is -3.02. The number of hydrogen-bond acceptors (Lipinski definition) is 7. The molecule has 0 atom stereocenters. The fourth-order valence-corrected chi connectivity index (χ4v) is 6.01. The third-order valence-corrected chi connectivity index (χ3v) is 8.24. The molecular weight excluding hydrogens is 604 g/mol. The fourth-order valence-electron chi connectivity index (χ4n) is 4.39. The molecule has 0 bridgehead atoms. The van der Waals surface area contributed by atoms with Crippen molar-refractivity contribution in [1.29, 1.82) is 0 Å². The van der Waals surface area contributed by atoms with Crippen LogP contribution in [0, 0.1) is 5.82 Å².